The van der Waals surface area contributed by atoms with Gasteiger partial charge in [-0.2, -0.15) is 4.91 Å². The zero-order valence-electron chi connectivity index (χ0n) is 8.19. The lowest BCUT2D eigenvalue weighted by Gasteiger charge is -2.20. The smallest absolute Gasteiger partial charge is 0.119 e. The fraction of sp³-hybridized carbons (Fsp3) is 0.455. The van der Waals surface area contributed by atoms with E-state index < -0.39 is 0 Å². The largest absolute Gasteiger partial charge is 0.497 e. The highest BCUT2D eigenvalue weighted by molar-refractivity contribution is 5.39. The van der Waals surface area contributed by atoms with Crippen molar-refractivity contribution in [1.82, 2.24) is 0 Å². The summed E-state index contributed by atoms with van der Waals surface area (Å²) in [4.78, 5) is 10.6. The molecule has 0 saturated heterocycles. The van der Waals surface area contributed by atoms with Crippen LogP contribution in [0.3, 0.4) is 0 Å². The molecular formula is C11H13NO2. The Kier molecular flexibility index (Phi) is 2.48. The summed E-state index contributed by atoms with van der Waals surface area (Å²) in [5.74, 6) is 0.857. The van der Waals surface area contributed by atoms with Gasteiger partial charge in [0.2, 0.25) is 0 Å². The Balaban J connectivity index is 2.40. The Bertz CT molecular complexity index is 349. The monoisotopic (exact) mass is 191 g/mol. The molecule has 1 aliphatic carbocycles. The van der Waals surface area contributed by atoms with Gasteiger partial charge in [-0.1, -0.05) is 11.2 Å². The Labute approximate surface area is 83.1 Å². The summed E-state index contributed by atoms with van der Waals surface area (Å²) in [7, 11) is 1.65. The zero-order valence-corrected chi connectivity index (χ0v) is 8.19. The zero-order chi connectivity index (χ0) is 9.97. The second kappa shape index (κ2) is 3.78. The molecule has 0 aromatic heterocycles. The number of nitrogens with zero attached hydrogens (tertiary/aromatic N) is 1. The van der Waals surface area contributed by atoms with E-state index >= 15 is 0 Å². The molecule has 0 amide bonds. The first-order valence-electron chi connectivity index (χ1n) is 4.84. The molecule has 3 heteroatoms. The second-order valence-corrected chi connectivity index (χ2v) is 3.58. The number of ether oxygens (including phenoxy) is 1. The molecule has 1 aromatic carbocycles. The fourth-order valence-corrected chi connectivity index (χ4v) is 2.00. The summed E-state index contributed by atoms with van der Waals surface area (Å²) >= 11 is 0. The normalized spacial score (nSPS) is 19.9. The minimum atomic E-state index is -0.148. The highest BCUT2D eigenvalue weighted by Crippen LogP contribution is 2.34. The number of hydrogen-bond acceptors (Lipinski definition) is 3. The quantitative estimate of drug-likeness (QED) is 0.674. The molecule has 1 aliphatic rings. The van der Waals surface area contributed by atoms with E-state index in [1.807, 2.05) is 18.2 Å². The number of nitroso groups, excluding NO2 is 1. The van der Waals surface area contributed by atoms with Crippen LogP contribution < -0.4 is 4.74 Å². The van der Waals surface area contributed by atoms with Crippen LogP contribution >= 0.6 is 0 Å². The molecule has 1 aromatic rings. The summed E-state index contributed by atoms with van der Waals surface area (Å²) < 4.78 is 5.14. The van der Waals surface area contributed by atoms with Crippen molar-refractivity contribution < 1.29 is 4.74 Å². The fourth-order valence-electron chi connectivity index (χ4n) is 2.00. The third-order valence-corrected chi connectivity index (χ3v) is 2.76. The van der Waals surface area contributed by atoms with Crippen LogP contribution in [0, 0.1) is 4.91 Å². The van der Waals surface area contributed by atoms with Crippen molar-refractivity contribution in [1.29, 1.82) is 0 Å². The van der Waals surface area contributed by atoms with Crippen LogP contribution in [0.15, 0.2) is 23.4 Å². The first-order valence-corrected chi connectivity index (χ1v) is 4.84. The lowest BCUT2D eigenvalue weighted by molar-refractivity contribution is 0.413. The Morgan fingerprint density at radius 2 is 2.36 bits per heavy atom. The summed E-state index contributed by atoms with van der Waals surface area (Å²) in [5, 5.41) is 3.15. The van der Waals surface area contributed by atoms with Crippen molar-refractivity contribution in [3.8, 4) is 5.75 Å². The maximum absolute atomic E-state index is 10.6. The van der Waals surface area contributed by atoms with Gasteiger partial charge < -0.3 is 4.74 Å². The molecule has 0 aliphatic heterocycles. The van der Waals surface area contributed by atoms with Crippen LogP contribution in [0.1, 0.15) is 30.0 Å². The van der Waals surface area contributed by atoms with Gasteiger partial charge in [-0.25, -0.2) is 0 Å². The van der Waals surface area contributed by atoms with E-state index in [1.54, 1.807) is 7.11 Å². The molecule has 1 atom stereocenters. The average molecular weight is 191 g/mol. The number of methoxy groups -OCH3 is 1. The van der Waals surface area contributed by atoms with Crippen LogP contribution in [0.4, 0.5) is 0 Å². The van der Waals surface area contributed by atoms with Gasteiger partial charge in [-0.05, 0) is 42.5 Å². The first kappa shape index (κ1) is 9.19. The van der Waals surface area contributed by atoms with Gasteiger partial charge in [0.15, 0.2) is 0 Å². The van der Waals surface area contributed by atoms with E-state index in [1.165, 1.54) is 5.56 Å². The topological polar surface area (TPSA) is 38.7 Å². The number of rotatable bonds is 2. The Morgan fingerprint density at radius 3 is 3.07 bits per heavy atom. The van der Waals surface area contributed by atoms with E-state index in [-0.39, 0.29) is 6.04 Å². The van der Waals surface area contributed by atoms with Crippen molar-refractivity contribution in [2.24, 2.45) is 5.18 Å². The molecule has 0 N–H and O–H groups in total. The molecular weight excluding hydrogens is 178 g/mol. The van der Waals surface area contributed by atoms with Crippen LogP contribution in [-0.2, 0) is 6.42 Å². The average Bonchev–Trinajstić information content (AvgIpc) is 2.27. The number of aryl methyl sites for hydroxylation is 1. The molecule has 0 fully saturated rings. The standard InChI is InChI=1S/C11H13NO2/c1-14-9-5-6-10-8(7-9)3-2-4-11(10)12-13/h5-7,11H,2-4H2,1H3. The summed E-state index contributed by atoms with van der Waals surface area (Å²) in [6.45, 7) is 0. The molecule has 1 unspecified atom stereocenters. The highest BCUT2D eigenvalue weighted by Gasteiger charge is 2.20. The lowest BCUT2D eigenvalue weighted by Crippen LogP contribution is -2.07. The van der Waals surface area contributed by atoms with Gasteiger partial charge in [0, 0.05) is 0 Å². The molecule has 0 radical (unpaired) electrons. The summed E-state index contributed by atoms with van der Waals surface area (Å²) in [6, 6.07) is 5.71. The van der Waals surface area contributed by atoms with Gasteiger partial charge in [-0.15, -0.1) is 0 Å². The number of hydrogen-bond donors (Lipinski definition) is 0. The van der Waals surface area contributed by atoms with Crippen LogP contribution in [0.5, 0.6) is 5.75 Å². The SMILES string of the molecule is COc1ccc2c(c1)CCCC2N=O. The summed E-state index contributed by atoms with van der Waals surface area (Å²) in [6.07, 6.45) is 2.94. The number of benzene rings is 1. The molecule has 74 valence electrons. The molecule has 0 heterocycles. The molecule has 2 rings (SSSR count). The molecule has 14 heavy (non-hydrogen) atoms. The van der Waals surface area contributed by atoms with E-state index in [0.717, 1.165) is 30.6 Å². The first-order chi connectivity index (χ1) is 6.85. The Hall–Kier alpha value is -1.38. The van der Waals surface area contributed by atoms with E-state index in [9.17, 15) is 4.91 Å². The third kappa shape index (κ3) is 1.50. The predicted molar refractivity (Wildman–Crippen MR) is 54.5 cm³/mol. The number of fused-ring (bicyclic) bond motifs is 1. The molecule has 0 spiro atoms. The van der Waals surface area contributed by atoms with Crippen LogP contribution in [0.2, 0.25) is 0 Å². The van der Waals surface area contributed by atoms with E-state index in [0.29, 0.717) is 0 Å². The minimum Gasteiger partial charge on any atom is -0.497 e. The van der Waals surface area contributed by atoms with Crippen molar-refractivity contribution in [2.45, 2.75) is 25.3 Å². The molecule has 3 nitrogen and oxygen atoms in total. The Morgan fingerprint density at radius 1 is 1.50 bits per heavy atom. The van der Waals surface area contributed by atoms with Crippen molar-refractivity contribution in [3.05, 3.63) is 34.2 Å². The minimum absolute atomic E-state index is 0.148. The van der Waals surface area contributed by atoms with Crippen molar-refractivity contribution in [2.75, 3.05) is 7.11 Å². The van der Waals surface area contributed by atoms with Gasteiger partial charge >= 0.3 is 0 Å². The van der Waals surface area contributed by atoms with Crippen molar-refractivity contribution >= 4 is 0 Å². The van der Waals surface area contributed by atoms with Crippen LogP contribution in [-0.4, -0.2) is 7.11 Å². The van der Waals surface area contributed by atoms with Gasteiger partial charge in [-0.3, -0.25) is 0 Å². The van der Waals surface area contributed by atoms with Gasteiger partial charge in [0.25, 0.3) is 0 Å². The van der Waals surface area contributed by atoms with E-state index in [2.05, 4.69) is 5.18 Å². The van der Waals surface area contributed by atoms with Gasteiger partial charge in [0.1, 0.15) is 11.8 Å². The summed E-state index contributed by atoms with van der Waals surface area (Å²) in [5.41, 5.74) is 2.28. The highest BCUT2D eigenvalue weighted by atomic mass is 16.5. The van der Waals surface area contributed by atoms with Crippen LogP contribution in [0.25, 0.3) is 0 Å². The molecule has 0 bridgehead atoms. The van der Waals surface area contributed by atoms with Gasteiger partial charge in [0.05, 0.1) is 7.11 Å². The maximum atomic E-state index is 10.6. The third-order valence-electron chi connectivity index (χ3n) is 2.76. The van der Waals surface area contributed by atoms with Crippen molar-refractivity contribution in [3.63, 3.8) is 0 Å². The molecule has 0 saturated carbocycles. The van der Waals surface area contributed by atoms with E-state index in [4.69, 9.17) is 4.74 Å². The lowest BCUT2D eigenvalue weighted by atomic mass is 9.88. The predicted octanol–water partition coefficient (Wildman–Crippen LogP) is 2.84. The maximum Gasteiger partial charge on any atom is 0.119 e. The second-order valence-electron chi connectivity index (χ2n) is 3.58.